The standard InChI is InChI=1S/C12H13FN2O/c1-7-3-11(16-2)10-5-9(13)4-8(6-14)12(10)15-7/h3-5H,6,14H2,1-2H3. The number of ether oxygens (including phenoxy) is 1. The van der Waals surface area contributed by atoms with Crippen LogP contribution in [0.5, 0.6) is 5.75 Å². The molecule has 0 aliphatic carbocycles. The number of benzene rings is 1. The Hall–Kier alpha value is -1.68. The quantitative estimate of drug-likeness (QED) is 0.843. The number of fused-ring (bicyclic) bond motifs is 1. The van der Waals surface area contributed by atoms with Gasteiger partial charge in [-0.25, -0.2) is 4.39 Å². The molecule has 2 aromatic rings. The lowest BCUT2D eigenvalue weighted by Gasteiger charge is -2.09. The zero-order valence-electron chi connectivity index (χ0n) is 9.25. The number of hydrogen-bond acceptors (Lipinski definition) is 3. The van der Waals surface area contributed by atoms with Crippen molar-refractivity contribution in [3.05, 3.63) is 35.3 Å². The van der Waals surface area contributed by atoms with Gasteiger partial charge >= 0.3 is 0 Å². The van der Waals surface area contributed by atoms with Gasteiger partial charge in [-0.1, -0.05) is 0 Å². The number of pyridine rings is 1. The molecule has 0 radical (unpaired) electrons. The number of hydrogen-bond donors (Lipinski definition) is 1. The van der Waals surface area contributed by atoms with Crippen LogP contribution in [0.2, 0.25) is 0 Å². The summed E-state index contributed by atoms with van der Waals surface area (Å²) in [5, 5.41) is 0.661. The van der Waals surface area contributed by atoms with Crippen LogP contribution in [0.4, 0.5) is 4.39 Å². The molecule has 1 aromatic heterocycles. The van der Waals surface area contributed by atoms with Gasteiger partial charge in [0.05, 0.1) is 12.6 Å². The number of nitrogens with zero attached hydrogens (tertiary/aromatic N) is 1. The van der Waals surface area contributed by atoms with Crippen LogP contribution >= 0.6 is 0 Å². The number of methoxy groups -OCH3 is 1. The number of rotatable bonds is 2. The summed E-state index contributed by atoms with van der Waals surface area (Å²) in [5.41, 5.74) is 7.80. The predicted octanol–water partition coefficient (Wildman–Crippen LogP) is 2.15. The van der Waals surface area contributed by atoms with Gasteiger partial charge in [0.1, 0.15) is 11.6 Å². The van der Waals surface area contributed by atoms with Gasteiger partial charge in [0.2, 0.25) is 0 Å². The lowest BCUT2D eigenvalue weighted by Crippen LogP contribution is -2.01. The molecule has 1 aromatic carbocycles. The van der Waals surface area contributed by atoms with Gasteiger partial charge in [-0.15, -0.1) is 0 Å². The van der Waals surface area contributed by atoms with Gasteiger partial charge in [-0.2, -0.15) is 0 Å². The maximum absolute atomic E-state index is 13.4. The number of aromatic nitrogens is 1. The summed E-state index contributed by atoms with van der Waals surface area (Å²) in [6.45, 7) is 2.12. The largest absolute Gasteiger partial charge is 0.496 e. The first-order valence-electron chi connectivity index (χ1n) is 4.99. The maximum atomic E-state index is 13.4. The Bertz CT molecular complexity index is 491. The third-order valence-corrected chi connectivity index (χ3v) is 2.49. The van der Waals surface area contributed by atoms with Crippen molar-refractivity contribution in [2.24, 2.45) is 5.73 Å². The SMILES string of the molecule is COc1cc(C)nc2c(CN)cc(F)cc12. The van der Waals surface area contributed by atoms with E-state index in [0.29, 0.717) is 22.2 Å². The van der Waals surface area contributed by atoms with Crippen molar-refractivity contribution in [3.63, 3.8) is 0 Å². The first-order valence-corrected chi connectivity index (χ1v) is 4.99. The molecule has 0 aliphatic heterocycles. The molecule has 16 heavy (non-hydrogen) atoms. The van der Waals surface area contributed by atoms with Crippen LogP contribution in [-0.4, -0.2) is 12.1 Å². The molecule has 0 saturated carbocycles. The second kappa shape index (κ2) is 4.06. The number of aryl methyl sites for hydroxylation is 1. The molecule has 0 amide bonds. The van der Waals surface area contributed by atoms with Crippen molar-refractivity contribution in [2.45, 2.75) is 13.5 Å². The highest BCUT2D eigenvalue weighted by atomic mass is 19.1. The van der Waals surface area contributed by atoms with Crippen molar-refractivity contribution in [1.82, 2.24) is 4.98 Å². The van der Waals surface area contributed by atoms with Crippen LogP contribution in [0.25, 0.3) is 10.9 Å². The van der Waals surface area contributed by atoms with Gasteiger partial charge in [0, 0.05) is 23.7 Å². The summed E-state index contributed by atoms with van der Waals surface area (Å²) in [5.74, 6) is 0.300. The van der Waals surface area contributed by atoms with Gasteiger partial charge in [0.25, 0.3) is 0 Å². The second-order valence-corrected chi connectivity index (χ2v) is 3.63. The Kier molecular flexibility index (Phi) is 2.75. The fraction of sp³-hybridized carbons (Fsp3) is 0.250. The van der Waals surface area contributed by atoms with Crippen molar-refractivity contribution in [1.29, 1.82) is 0 Å². The summed E-state index contributed by atoms with van der Waals surface area (Å²) < 4.78 is 18.6. The molecule has 0 saturated heterocycles. The minimum Gasteiger partial charge on any atom is -0.496 e. The van der Waals surface area contributed by atoms with Crippen LogP contribution in [0.3, 0.4) is 0 Å². The first-order chi connectivity index (χ1) is 7.65. The fourth-order valence-electron chi connectivity index (χ4n) is 1.78. The van der Waals surface area contributed by atoms with E-state index < -0.39 is 0 Å². The van der Waals surface area contributed by atoms with Crippen LogP contribution in [-0.2, 0) is 6.54 Å². The molecular weight excluding hydrogens is 207 g/mol. The topological polar surface area (TPSA) is 48.1 Å². The normalized spacial score (nSPS) is 10.8. The van der Waals surface area contributed by atoms with E-state index in [0.717, 1.165) is 5.69 Å². The molecule has 4 heteroatoms. The monoisotopic (exact) mass is 220 g/mol. The molecule has 3 nitrogen and oxygen atoms in total. The maximum Gasteiger partial charge on any atom is 0.130 e. The molecule has 84 valence electrons. The van der Waals surface area contributed by atoms with Gasteiger partial charge < -0.3 is 10.5 Å². The first kappa shape index (κ1) is 10.8. The lowest BCUT2D eigenvalue weighted by molar-refractivity contribution is 0.419. The van der Waals surface area contributed by atoms with Crippen LogP contribution in [0, 0.1) is 12.7 Å². The van der Waals surface area contributed by atoms with E-state index in [2.05, 4.69) is 4.98 Å². The van der Waals surface area contributed by atoms with Gasteiger partial charge in [-0.3, -0.25) is 4.98 Å². The van der Waals surface area contributed by atoms with Crippen molar-refractivity contribution >= 4 is 10.9 Å². The second-order valence-electron chi connectivity index (χ2n) is 3.63. The highest BCUT2D eigenvalue weighted by molar-refractivity contribution is 5.88. The zero-order chi connectivity index (χ0) is 11.7. The summed E-state index contributed by atoms with van der Waals surface area (Å²) >= 11 is 0. The molecule has 0 bridgehead atoms. The molecule has 0 spiro atoms. The Morgan fingerprint density at radius 2 is 2.12 bits per heavy atom. The Morgan fingerprint density at radius 3 is 2.75 bits per heavy atom. The summed E-state index contributed by atoms with van der Waals surface area (Å²) in [7, 11) is 1.56. The predicted molar refractivity (Wildman–Crippen MR) is 60.9 cm³/mol. The fourth-order valence-corrected chi connectivity index (χ4v) is 1.78. The van der Waals surface area contributed by atoms with E-state index >= 15 is 0 Å². The summed E-state index contributed by atoms with van der Waals surface area (Å²) in [6, 6.07) is 4.61. The van der Waals surface area contributed by atoms with Gasteiger partial charge in [-0.05, 0) is 24.6 Å². The molecule has 2 N–H and O–H groups in total. The van der Waals surface area contributed by atoms with Crippen LogP contribution in [0.1, 0.15) is 11.3 Å². The van der Waals surface area contributed by atoms with Crippen molar-refractivity contribution in [2.75, 3.05) is 7.11 Å². The summed E-state index contributed by atoms with van der Waals surface area (Å²) in [4.78, 5) is 4.37. The smallest absolute Gasteiger partial charge is 0.130 e. The molecule has 1 heterocycles. The molecular formula is C12H13FN2O. The molecule has 0 unspecified atom stereocenters. The molecule has 2 rings (SSSR count). The van der Waals surface area contributed by atoms with E-state index in [-0.39, 0.29) is 12.4 Å². The number of halogens is 1. The van der Waals surface area contributed by atoms with E-state index in [1.807, 2.05) is 6.92 Å². The van der Waals surface area contributed by atoms with Crippen molar-refractivity contribution in [3.8, 4) is 5.75 Å². The molecule has 0 atom stereocenters. The third-order valence-electron chi connectivity index (χ3n) is 2.49. The average molecular weight is 220 g/mol. The van der Waals surface area contributed by atoms with E-state index in [1.54, 1.807) is 13.2 Å². The van der Waals surface area contributed by atoms with E-state index in [4.69, 9.17) is 10.5 Å². The summed E-state index contributed by atoms with van der Waals surface area (Å²) in [6.07, 6.45) is 0. The van der Waals surface area contributed by atoms with E-state index in [1.165, 1.54) is 12.1 Å². The zero-order valence-corrected chi connectivity index (χ0v) is 9.25. The molecule has 0 fully saturated rings. The van der Waals surface area contributed by atoms with Crippen LogP contribution in [0.15, 0.2) is 18.2 Å². The van der Waals surface area contributed by atoms with Crippen molar-refractivity contribution < 1.29 is 9.13 Å². The lowest BCUT2D eigenvalue weighted by atomic mass is 10.1. The average Bonchev–Trinajstić information content (AvgIpc) is 2.27. The highest BCUT2D eigenvalue weighted by Crippen LogP contribution is 2.28. The van der Waals surface area contributed by atoms with E-state index in [9.17, 15) is 4.39 Å². The minimum atomic E-state index is -0.322. The van der Waals surface area contributed by atoms with Crippen LogP contribution < -0.4 is 10.5 Å². The minimum absolute atomic E-state index is 0.258. The third kappa shape index (κ3) is 1.72. The van der Waals surface area contributed by atoms with Gasteiger partial charge in [0.15, 0.2) is 0 Å². The number of nitrogens with two attached hydrogens (primary N) is 1. The molecule has 0 aliphatic rings. The highest BCUT2D eigenvalue weighted by Gasteiger charge is 2.10. The Labute approximate surface area is 93.0 Å². The Balaban J connectivity index is 2.87. The Morgan fingerprint density at radius 1 is 1.38 bits per heavy atom.